The topological polar surface area (TPSA) is 49.4 Å². The summed E-state index contributed by atoms with van der Waals surface area (Å²) in [6.07, 6.45) is -4.97. The molecule has 1 aliphatic rings. The van der Waals surface area contributed by atoms with Crippen molar-refractivity contribution in [2.45, 2.75) is 18.6 Å². The van der Waals surface area contributed by atoms with Crippen LogP contribution in [0.2, 0.25) is 0 Å². The molecule has 1 unspecified atom stereocenters. The van der Waals surface area contributed by atoms with E-state index in [9.17, 15) is 27.2 Å². The Bertz CT molecular complexity index is 558. The van der Waals surface area contributed by atoms with Gasteiger partial charge in [0, 0.05) is 0 Å². The highest BCUT2D eigenvalue weighted by Gasteiger charge is 2.64. The molecule has 0 radical (unpaired) electrons. The van der Waals surface area contributed by atoms with Gasteiger partial charge in [-0.3, -0.25) is 4.79 Å². The van der Waals surface area contributed by atoms with Crippen molar-refractivity contribution in [3.63, 3.8) is 0 Å². The third-order valence-electron chi connectivity index (χ3n) is 2.85. The van der Waals surface area contributed by atoms with Gasteiger partial charge < -0.3 is 5.32 Å². The summed E-state index contributed by atoms with van der Waals surface area (Å²) >= 11 is 0. The molecule has 3 amide bonds. The average molecular weight is 276 g/mol. The molecule has 0 saturated carbocycles. The first-order valence-corrected chi connectivity index (χ1v) is 5.16. The van der Waals surface area contributed by atoms with Gasteiger partial charge in [-0.05, 0) is 19.1 Å². The second-order valence-corrected chi connectivity index (χ2v) is 4.14. The quantitative estimate of drug-likeness (QED) is 0.631. The van der Waals surface area contributed by atoms with E-state index < -0.39 is 35.2 Å². The molecular formula is C11H8F4N2O2. The molecule has 8 heteroatoms. The fourth-order valence-electron chi connectivity index (χ4n) is 1.68. The summed E-state index contributed by atoms with van der Waals surface area (Å²) in [5.41, 5.74) is -3.57. The number of nitrogens with zero attached hydrogens (tertiary/aromatic N) is 1. The molecule has 1 atom stereocenters. The monoisotopic (exact) mass is 276 g/mol. The van der Waals surface area contributed by atoms with Gasteiger partial charge in [-0.1, -0.05) is 12.1 Å². The highest BCUT2D eigenvalue weighted by molar-refractivity contribution is 6.23. The maximum atomic E-state index is 13.5. The number of hydrogen-bond donors (Lipinski definition) is 1. The number of imide groups is 1. The second kappa shape index (κ2) is 3.94. The lowest BCUT2D eigenvalue weighted by molar-refractivity contribution is -0.187. The molecule has 1 saturated heterocycles. The molecule has 0 aromatic heterocycles. The van der Waals surface area contributed by atoms with Crippen molar-refractivity contribution in [3.05, 3.63) is 30.1 Å². The van der Waals surface area contributed by atoms with Gasteiger partial charge in [0.05, 0.1) is 5.69 Å². The number of rotatable bonds is 1. The molecular weight excluding hydrogens is 268 g/mol. The van der Waals surface area contributed by atoms with Crippen LogP contribution in [0.3, 0.4) is 0 Å². The zero-order chi connectivity index (χ0) is 14.4. The highest BCUT2D eigenvalue weighted by atomic mass is 19.4. The summed E-state index contributed by atoms with van der Waals surface area (Å²) in [7, 11) is 0. The summed E-state index contributed by atoms with van der Waals surface area (Å²) < 4.78 is 51.9. The average Bonchev–Trinajstić information content (AvgIpc) is 2.52. The van der Waals surface area contributed by atoms with E-state index >= 15 is 0 Å². The van der Waals surface area contributed by atoms with Gasteiger partial charge in [0.2, 0.25) is 5.54 Å². The van der Waals surface area contributed by atoms with Gasteiger partial charge >= 0.3 is 12.2 Å². The Labute approximate surface area is 105 Å². The first-order chi connectivity index (χ1) is 8.68. The van der Waals surface area contributed by atoms with Crippen molar-refractivity contribution in [1.82, 2.24) is 5.32 Å². The Morgan fingerprint density at radius 2 is 1.79 bits per heavy atom. The van der Waals surface area contributed by atoms with Crippen molar-refractivity contribution < 1.29 is 27.2 Å². The SMILES string of the molecule is CC1(C(F)(F)F)NC(=O)N(c2ccccc2F)C1=O. The van der Waals surface area contributed by atoms with Crippen LogP contribution in [-0.2, 0) is 4.79 Å². The molecule has 102 valence electrons. The molecule has 19 heavy (non-hydrogen) atoms. The molecule has 0 bridgehead atoms. The minimum absolute atomic E-state index is 0.156. The van der Waals surface area contributed by atoms with Crippen LogP contribution >= 0.6 is 0 Å². The Balaban J connectivity index is 2.49. The van der Waals surface area contributed by atoms with E-state index in [0.29, 0.717) is 6.92 Å². The van der Waals surface area contributed by atoms with Crippen LogP contribution in [0, 0.1) is 5.82 Å². The number of anilines is 1. The van der Waals surface area contributed by atoms with Crippen molar-refractivity contribution in [3.8, 4) is 0 Å². The Morgan fingerprint density at radius 3 is 2.26 bits per heavy atom. The lowest BCUT2D eigenvalue weighted by atomic mass is 10.0. The molecule has 0 spiro atoms. The van der Waals surface area contributed by atoms with Crippen molar-refractivity contribution in [2.24, 2.45) is 0 Å². The van der Waals surface area contributed by atoms with Crippen molar-refractivity contribution >= 4 is 17.6 Å². The maximum absolute atomic E-state index is 13.5. The number of halogens is 4. The fourth-order valence-corrected chi connectivity index (χ4v) is 1.68. The maximum Gasteiger partial charge on any atom is 0.420 e. The normalized spacial score (nSPS) is 23.7. The molecule has 2 rings (SSSR count). The number of carbonyl (C=O) groups is 2. The Hall–Kier alpha value is -2.12. The fraction of sp³-hybridized carbons (Fsp3) is 0.273. The second-order valence-electron chi connectivity index (χ2n) is 4.14. The Kier molecular flexibility index (Phi) is 2.76. The van der Waals surface area contributed by atoms with E-state index in [0.717, 1.165) is 12.1 Å². The van der Waals surface area contributed by atoms with Crippen LogP contribution in [-0.4, -0.2) is 23.7 Å². The number of nitrogens with one attached hydrogen (secondary N) is 1. The zero-order valence-electron chi connectivity index (χ0n) is 9.58. The summed E-state index contributed by atoms with van der Waals surface area (Å²) in [6.45, 7) is 0.536. The molecule has 0 aliphatic carbocycles. The number of hydrogen-bond acceptors (Lipinski definition) is 2. The molecule has 1 N–H and O–H groups in total. The molecule has 1 heterocycles. The third-order valence-corrected chi connectivity index (χ3v) is 2.85. The van der Waals surface area contributed by atoms with Crippen LogP contribution in [0.15, 0.2) is 24.3 Å². The van der Waals surface area contributed by atoms with E-state index in [1.54, 1.807) is 5.32 Å². The van der Waals surface area contributed by atoms with Gasteiger partial charge in [0.15, 0.2) is 0 Å². The summed E-state index contributed by atoms with van der Waals surface area (Å²) in [4.78, 5) is 23.5. The number of carbonyl (C=O) groups excluding carboxylic acids is 2. The smallest absolute Gasteiger partial charge is 0.315 e. The van der Waals surface area contributed by atoms with Crippen LogP contribution in [0.4, 0.5) is 28.0 Å². The van der Waals surface area contributed by atoms with Gasteiger partial charge in [-0.2, -0.15) is 13.2 Å². The van der Waals surface area contributed by atoms with E-state index in [1.807, 2.05) is 0 Å². The predicted molar refractivity (Wildman–Crippen MR) is 56.9 cm³/mol. The predicted octanol–water partition coefficient (Wildman–Crippen LogP) is 2.20. The first kappa shape index (κ1) is 13.3. The number of para-hydroxylation sites is 1. The zero-order valence-corrected chi connectivity index (χ0v) is 9.58. The minimum atomic E-state index is -4.97. The van der Waals surface area contributed by atoms with Crippen LogP contribution < -0.4 is 10.2 Å². The lowest BCUT2D eigenvalue weighted by Crippen LogP contribution is -2.56. The van der Waals surface area contributed by atoms with Crippen LogP contribution in [0.5, 0.6) is 0 Å². The standard InChI is InChI=1S/C11H8F4N2O2/c1-10(11(13,14)15)8(18)17(9(19)16-10)7-5-3-2-4-6(7)12/h2-5H,1H3,(H,16,19). The largest absolute Gasteiger partial charge is 0.420 e. The summed E-state index contributed by atoms with van der Waals surface area (Å²) in [5.74, 6) is -2.52. The molecule has 1 aliphatic heterocycles. The minimum Gasteiger partial charge on any atom is -0.315 e. The summed E-state index contributed by atoms with van der Waals surface area (Å²) in [6, 6.07) is 3.28. The summed E-state index contributed by atoms with van der Waals surface area (Å²) in [5, 5.41) is 1.54. The third kappa shape index (κ3) is 1.83. The number of urea groups is 1. The van der Waals surface area contributed by atoms with E-state index in [2.05, 4.69) is 0 Å². The lowest BCUT2D eigenvalue weighted by Gasteiger charge is -2.24. The molecule has 1 fully saturated rings. The number of alkyl halides is 3. The van der Waals surface area contributed by atoms with Crippen molar-refractivity contribution in [1.29, 1.82) is 0 Å². The molecule has 4 nitrogen and oxygen atoms in total. The van der Waals surface area contributed by atoms with Gasteiger partial charge in [0.25, 0.3) is 5.91 Å². The highest BCUT2D eigenvalue weighted by Crippen LogP contribution is 2.37. The van der Waals surface area contributed by atoms with Gasteiger partial charge in [-0.15, -0.1) is 0 Å². The first-order valence-electron chi connectivity index (χ1n) is 5.16. The van der Waals surface area contributed by atoms with Gasteiger partial charge in [-0.25, -0.2) is 14.1 Å². The molecule has 1 aromatic rings. The Morgan fingerprint density at radius 1 is 1.21 bits per heavy atom. The number of amides is 3. The van der Waals surface area contributed by atoms with Crippen molar-refractivity contribution in [2.75, 3.05) is 4.90 Å². The molecule has 1 aromatic carbocycles. The number of benzene rings is 1. The van der Waals surface area contributed by atoms with Gasteiger partial charge in [0.1, 0.15) is 5.82 Å². The van der Waals surface area contributed by atoms with Crippen LogP contribution in [0.1, 0.15) is 6.92 Å². The van der Waals surface area contributed by atoms with Crippen LogP contribution in [0.25, 0.3) is 0 Å². The van der Waals surface area contributed by atoms with E-state index in [-0.39, 0.29) is 4.90 Å². The van der Waals surface area contributed by atoms with E-state index in [4.69, 9.17) is 0 Å². The van der Waals surface area contributed by atoms with E-state index in [1.165, 1.54) is 12.1 Å².